The molecule has 2 aliphatic rings. The summed E-state index contributed by atoms with van der Waals surface area (Å²) in [4.78, 5) is 30.9. The second kappa shape index (κ2) is 8.47. The van der Waals surface area contributed by atoms with Gasteiger partial charge in [-0.25, -0.2) is 4.79 Å². The van der Waals surface area contributed by atoms with Gasteiger partial charge in [0.25, 0.3) is 5.91 Å². The summed E-state index contributed by atoms with van der Waals surface area (Å²) >= 11 is 6.16. The number of amides is 3. The monoisotopic (exact) mass is 452 g/mol. The second-order valence-electron chi connectivity index (χ2n) is 8.73. The zero-order valence-corrected chi connectivity index (χ0v) is 18.4. The van der Waals surface area contributed by atoms with Crippen molar-refractivity contribution in [2.75, 3.05) is 19.6 Å². The van der Waals surface area contributed by atoms with E-state index in [0.29, 0.717) is 35.4 Å². The average molecular weight is 453 g/mol. The van der Waals surface area contributed by atoms with Gasteiger partial charge < -0.3 is 20.0 Å². The van der Waals surface area contributed by atoms with Crippen LogP contribution < -0.4 is 10.6 Å². The number of halogens is 1. The Morgan fingerprint density at radius 2 is 2.00 bits per heavy atom. The molecule has 1 aromatic carbocycles. The summed E-state index contributed by atoms with van der Waals surface area (Å²) in [6, 6.07) is 11.0. The van der Waals surface area contributed by atoms with Crippen LogP contribution in [0.15, 0.2) is 53.2 Å². The van der Waals surface area contributed by atoms with E-state index in [1.807, 2.05) is 35.2 Å². The molecule has 1 spiro atoms. The van der Waals surface area contributed by atoms with E-state index >= 15 is 0 Å². The number of aromatic nitrogens is 1. The van der Waals surface area contributed by atoms with Gasteiger partial charge in [0, 0.05) is 42.8 Å². The number of carbonyl (C=O) groups excluding carboxylic acids is 2. The molecule has 1 saturated heterocycles. The second-order valence-corrected chi connectivity index (χ2v) is 9.14. The highest BCUT2D eigenvalue weighted by Crippen LogP contribution is 2.59. The number of hydrogen-bond donors (Lipinski definition) is 2. The molecule has 7 nitrogen and oxygen atoms in total. The quantitative estimate of drug-likeness (QED) is 0.606. The number of urea groups is 1. The van der Waals surface area contributed by atoms with Gasteiger partial charge in [0.15, 0.2) is 11.3 Å². The van der Waals surface area contributed by atoms with Crippen LogP contribution in [0.3, 0.4) is 0 Å². The highest BCUT2D eigenvalue weighted by Gasteiger charge is 2.54. The topological polar surface area (TPSA) is 87.5 Å². The van der Waals surface area contributed by atoms with Gasteiger partial charge in [-0.15, -0.1) is 0 Å². The van der Waals surface area contributed by atoms with E-state index in [4.69, 9.17) is 16.0 Å². The van der Waals surface area contributed by atoms with E-state index in [0.717, 1.165) is 43.3 Å². The lowest BCUT2D eigenvalue weighted by molar-refractivity contribution is 0.0922. The van der Waals surface area contributed by atoms with E-state index in [-0.39, 0.29) is 17.4 Å². The predicted octanol–water partition coefficient (Wildman–Crippen LogP) is 4.22. The Bertz CT molecular complexity index is 1120. The van der Waals surface area contributed by atoms with Gasteiger partial charge in [-0.3, -0.25) is 9.78 Å². The van der Waals surface area contributed by atoms with Crippen molar-refractivity contribution >= 4 is 34.5 Å². The number of pyridine rings is 1. The molecule has 3 heterocycles. The maximum atomic E-state index is 12.5. The number of fused-ring (bicyclic) bond motifs is 1. The Balaban J connectivity index is 1.07. The number of rotatable bonds is 5. The molecule has 1 saturated carbocycles. The maximum Gasteiger partial charge on any atom is 0.317 e. The minimum atomic E-state index is -0.195. The van der Waals surface area contributed by atoms with Crippen molar-refractivity contribution in [1.82, 2.24) is 20.5 Å². The number of hydrogen-bond acceptors (Lipinski definition) is 4. The standard InChI is InChI=1S/C24H25ClN4O3/c25-19-4-2-1-3-17(19)13-28-23(31)29-9-6-24(7-10-29)12-18(24)14-27-22(30)20-11-16-5-8-26-15-21(16)32-20/h1-5,8,11,15,18H,6-7,9-10,12-14H2,(H,27,30)(H,28,31). The molecule has 3 aromatic rings. The van der Waals surface area contributed by atoms with Crippen molar-refractivity contribution in [2.45, 2.75) is 25.8 Å². The molecular formula is C24H25ClN4O3. The van der Waals surface area contributed by atoms with Crippen LogP contribution in [0, 0.1) is 11.3 Å². The molecule has 2 aromatic heterocycles. The van der Waals surface area contributed by atoms with Crippen LogP contribution in [0.25, 0.3) is 11.0 Å². The summed E-state index contributed by atoms with van der Waals surface area (Å²) in [7, 11) is 0. The lowest BCUT2D eigenvalue weighted by atomic mass is 9.91. The summed E-state index contributed by atoms with van der Waals surface area (Å²) in [5.41, 5.74) is 1.76. The number of piperidine rings is 1. The Labute approximate surface area is 191 Å². The predicted molar refractivity (Wildman–Crippen MR) is 121 cm³/mol. The number of carbonyl (C=O) groups is 2. The summed E-state index contributed by atoms with van der Waals surface area (Å²) in [6.07, 6.45) is 6.30. The molecule has 1 aliphatic heterocycles. The van der Waals surface area contributed by atoms with Gasteiger partial charge >= 0.3 is 6.03 Å². The number of benzene rings is 1. The molecule has 1 aliphatic carbocycles. The van der Waals surface area contributed by atoms with E-state index in [9.17, 15) is 9.59 Å². The minimum absolute atomic E-state index is 0.0513. The third-order valence-electron chi connectivity index (χ3n) is 6.85. The molecular weight excluding hydrogens is 428 g/mol. The van der Waals surface area contributed by atoms with Crippen LogP contribution in [-0.4, -0.2) is 41.5 Å². The van der Waals surface area contributed by atoms with Crippen molar-refractivity contribution in [3.63, 3.8) is 0 Å². The fraction of sp³-hybridized carbons (Fsp3) is 0.375. The Morgan fingerprint density at radius 3 is 2.78 bits per heavy atom. The summed E-state index contributed by atoms with van der Waals surface area (Å²) in [5.74, 6) is 0.568. The largest absolute Gasteiger partial charge is 0.449 e. The highest BCUT2D eigenvalue weighted by molar-refractivity contribution is 6.31. The first-order valence-corrected chi connectivity index (χ1v) is 11.3. The molecule has 0 radical (unpaired) electrons. The van der Waals surface area contributed by atoms with Crippen LogP contribution in [0.2, 0.25) is 5.02 Å². The normalized spacial score (nSPS) is 19.2. The van der Waals surface area contributed by atoms with Crippen molar-refractivity contribution < 1.29 is 14.0 Å². The van der Waals surface area contributed by atoms with Crippen LogP contribution in [0.4, 0.5) is 4.79 Å². The zero-order chi connectivity index (χ0) is 22.1. The lowest BCUT2D eigenvalue weighted by Gasteiger charge is -2.33. The smallest absolute Gasteiger partial charge is 0.317 e. The fourth-order valence-corrected chi connectivity index (χ4v) is 4.91. The molecule has 0 bridgehead atoms. The SMILES string of the molecule is O=C(NCC1CC12CCN(C(=O)NCc1ccccc1Cl)CC2)c1cc2ccncc2o1. The first kappa shape index (κ1) is 20.8. The van der Waals surface area contributed by atoms with E-state index < -0.39 is 0 Å². The first-order valence-electron chi connectivity index (χ1n) is 10.9. The molecule has 1 atom stereocenters. The van der Waals surface area contributed by atoms with Crippen molar-refractivity contribution in [3.05, 3.63) is 65.1 Å². The van der Waals surface area contributed by atoms with Gasteiger partial charge in [-0.05, 0) is 54.4 Å². The van der Waals surface area contributed by atoms with Crippen LogP contribution in [0.5, 0.6) is 0 Å². The fourth-order valence-electron chi connectivity index (χ4n) is 4.71. The third-order valence-corrected chi connectivity index (χ3v) is 7.22. The summed E-state index contributed by atoms with van der Waals surface area (Å²) in [6.45, 7) is 2.52. The van der Waals surface area contributed by atoms with Crippen molar-refractivity contribution in [1.29, 1.82) is 0 Å². The molecule has 166 valence electrons. The molecule has 5 rings (SSSR count). The van der Waals surface area contributed by atoms with Crippen LogP contribution in [0.1, 0.15) is 35.4 Å². The van der Waals surface area contributed by atoms with Gasteiger partial charge in [0.05, 0.1) is 6.20 Å². The zero-order valence-electron chi connectivity index (χ0n) is 17.6. The molecule has 3 amide bonds. The van der Waals surface area contributed by atoms with Crippen LogP contribution >= 0.6 is 11.6 Å². The number of furan rings is 1. The molecule has 2 N–H and O–H groups in total. The van der Waals surface area contributed by atoms with Gasteiger partial charge in [0.1, 0.15) is 0 Å². The van der Waals surface area contributed by atoms with Crippen molar-refractivity contribution in [2.24, 2.45) is 11.3 Å². The van der Waals surface area contributed by atoms with Crippen molar-refractivity contribution in [3.8, 4) is 0 Å². The number of nitrogens with zero attached hydrogens (tertiary/aromatic N) is 2. The number of nitrogens with one attached hydrogen (secondary N) is 2. The molecule has 2 fully saturated rings. The third kappa shape index (κ3) is 4.17. The molecule has 32 heavy (non-hydrogen) atoms. The van der Waals surface area contributed by atoms with E-state index in [1.54, 1.807) is 18.5 Å². The Kier molecular flexibility index (Phi) is 5.51. The van der Waals surface area contributed by atoms with Crippen LogP contribution in [-0.2, 0) is 6.54 Å². The lowest BCUT2D eigenvalue weighted by Crippen LogP contribution is -2.45. The number of likely N-dealkylation sites (tertiary alicyclic amines) is 1. The minimum Gasteiger partial charge on any atom is -0.449 e. The van der Waals surface area contributed by atoms with E-state index in [1.165, 1.54) is 0 Å². The molecule has 8 heteroatoms. The molecule has 1 unspecified atom stereocenters. The van der Waals surface area contributed by atoms with Gasteiger partial charge in [0.2, 0.25) is 0 Å². The van der Waals surface area contributed by atoms with Gasteiger partial charge in [-0.1, -0.05) is 29.8 Å². The Hall–Kier alpha value is -3.06. The highest BCUT2D eigenvalue weighted by atomic mass is 35.5. The maximum absolute atomic E-state index is 12.5. The average Bonchev–Trinajstić information content (AvgIpc) is 3.28. The summed E-state index contributed by atoms with van der Waals surface area (Å²) < 4.78 is 5.59. The van der Waals surface area contributed by atoms with E-state index in [2.05, 4.69) is 15.6 Å². The first-order chi connectivity index (χ1) is 15.5. The van der Waals surface area contributed by atoms with Gasteiger partial charge in [-0.2, -0.15) is 0 Å². The summed E-state index contributed by atoms with van der Waals surface area (Å²) in [5, 5.41) is 7.51. The Morgan fingerprint density at radius 1 is 1.19 bits per heavy atom.